The Kier molecular flexibility index (Phi) is 7.63. The van der Waals surface area contributed by atoms with E-state index < -0.39 is 0 Å². The topological polar surface area (TPSA) is 66.6 Å². The molecule has 1 aliphatic rings. The van der Waals surface area contributed by atoms with Crippen molar-refractivity contribution in [3.63, 3.8) is 0 Å². The van der Waals surface area contributed by atoms with E-state index in [1.807, 2.05) is 40.9 Å². The highest BCUT2D eigenvalue weighted by Crippen LogP contribution is 2.40. The molecule has 160 valence electrons. The van der Waals surface area contributed by atoms with Crippen molar-refractivity contribution >= 4 is 35.6 Å². The first-order valence-electron chi connectivity index (χ1n) is 10.3. The van der Waals surface area contributed by atoms with Crippen molar-refractivity contribution < 1.29 is 4.39 Å². The zero-order valence-corrected chi connectivity index (χ0v) is 19.5. The van der Waals surface area contributed by atoms with Gasteiger partial charge in [0, 0.05) is 24.7 Å². The lowest BCUT2D eigenvalue weighted by molar-refractivity contribution is 0.431. The minimum absolute atomic E-state index is 0. The van der Waals surface area contributed by atoms with E-state index in [0.29, 0.717) is 6.54 Å². The first-order valence-corrected chi connectivity index (χ1v) is 10.3. The molecule has 3 aromatic rings. The predicted molar refractivity (Wildman–Crippen MR) is 128 cm³/mol. The van der Waals surface area contributed by atoms with Gasteiger partial charge in [-0.25, -0.2) is 9.38 Å². The van der Waals surface area contributed by atoms with Crippen molar-refractivity contribution in [3.8, 4) is 0 Å². The van der Waals surface area contributed by atoms with Gasteiger partial charge in [0.25, 0.3) is 0 Å². The fraction of sp³-hybridized carbons (Fsp3) is 0.409. The van der Waals surface area contributed by atoms with E-state index in [1.54, 1.807) is 12.1 Å². The fourth-order valence-electron chi connectivity index (χ4n) is 4.17. The molecule has 2 aromatic heterocycles. The smallest absolute Gasteiger partial charge is 0.191 e. The maximum atomic E-state index is 13.4. The van der Waals surface area contributed by atoms with E-state index in [2.05, 4.69) is 27.8 Å². The molecular formula is C22H28FIN6. The van der Waals surface area contributed by atoms with Crippen molar-refractivity contribution in [2.24, 2.45) is 4.99 Å². The van der Waals surface area contributed by atoms with Crippen LogP contribution in [0.3, 0.4) is 0 Å². The van der Waals surface area contributed by atoms with Crippen molar-refractivity contribution in [2.45, 2.75) is 44.6 Å². The van der Waals surface area contributed by atoms with Crippen LogP contribution in [0, 0.1) is 5.82 Å². The highest BCUT2D eigenvalue weighted by atomic mass is 127. The number of guanidine groups is 1. The van der Waals surface area contributed by atoms with Crippen LogP contribution in [0.25, 0.3) is 5.65 Å². The van der Waals surface area contributed by atoms with Crippen molar-refractivity contribution in [3.05, 3.63) is 65.9 Å². The van der Waals surface area contributed by atoms with Gasteiger partial charge >= 0.3 is 0 Å². The molecule has 0 atom stereocenters. The second-order valence-corrected chi connectivity index (χ2v) is 7.59. The highest BCUT2D eigenvalue weighted by Gasteiger charge is 2.35. The summed E-state index contributed by atoms with van der Waals surface area (Å²) in [4.78, 5) is 4.72. The Labute approximate surface area is 193 Å². The van der Waals surface area contributed by atoms with Crippen LogP contribution in [0.4, 0.5) is 4.39 Å². The van der Waals surface area contributed by atoms with Crippen LogP contribution in [0.1, 0.15) is 44.0 Å². The molecule has 1 fully saturated rings. The van der Waals surface area contributed by atoms with Gasteiger partial charge in [0.2, 0.25) is 0 Å². The number of pyridine rings is 1. The van der Waals surface area contributed by atoms with Crippen LogP contribution in [-0.4, -0.2) is 33.6 Å². The summed E-state index contributed by atoms with van der Waals surface area (Å²) in [6.07, 6.45) is 6.53. The number of aromatic nitrogens is 3. The summed E-state index contributed by atoms with van der Waals surface area (Å²) in [5.41, 5.74) is 2.03. The molecule has 0 aliphatic heterocycles. The Bertz CT molecular complexity index is 979. The zero-order valence-electron chi connectivity index (χ0n) is 17.1. The minimum Gasteiger partial charge on any atom is -0.357 e. The first-order chi connectivity index (χ1) is 14.2. The average Bonchev–Trinajstić information content (AvgIpc) is 3.39. The van der Waals surface area contributed by atoms with Gasteiger partial charge in [-0.3, -0.25) is 4.40 Å². The van der Waals surface area contributed by atoms with Gasteiger partial charge in [-0.05, 0) is 49.6 Å². The Morgan fingerprint density at radius 2 is 1.87 bits per heavy atom. The molecule has 2 heterocycles. The maximum Gasteiger partial charge on any atom is 0.191 e. The maximum absolute atomic E-state index is 13.4. The molecule has 0 spiro atoms. The summed E-state index contributed by atoms with van der Waals surface area (Å²) in [6, 6.07) is 12.8. The van der Waals surface area contributed by atoms with Gasteiger partial charge < -0.3 is 10.6 Å². The van der Waals surface area contributed by atoms with Crippen LogP contribution in [0.2, 0.25) is 0 Å². The van der Waals surface area contributed by atoms with Gasteiger partial charge in [-0.1, -0.05) is 31.0 Å². The monoisotopic (exact) mass is 522 g/mol. The van der Waals surface area contributed by atoms with E-state index >= 15 is 0 Å². The summed E-state index contributed by atoms with van der Waals surface area (Å²) in [5, 5.41) is 15.3. The molecule has 0 bridgehead atoms. The van der Waals surface area contributed by atoms with Gasteiger partial charge in [0.1, 0.15) is 12.4 Å². The number of hydrogen-bond donors (Lipinski definition) is 2. The molecule has 6 nitrogen and oxygen atoms in total. The summed E-state index contributed by atoms with van der Waals surface area (Å²) < 4.78 is 15.3. The molecule has 2 N–H and O–H groups in total. The summed E-state index contributed by atoms with van der Waals surface area (Å²) in [5.74, 6) is 1.37. The number of nitrogens with one attached hydrogen (secondary N) is 2. The van der Waals surface area contributed by atoms with Crippen LogP contribution in [0.15, 0.2) is 53.7 Å². The SMILES string of the molecule is CCNC(=NCc1nnc2ccccn12)NCC1(c2ccc(F)cc2)CCCC1.I. The standard InChI is InChI=1S/C22H27FN6.HI/c1-2-24-21(25-15-20-28-27-19-7-3-6-14-29(19)20)26-16-22(12-4-5-13-22)17-8-10-18(23)11-9-17;/h3,6-11,14H,2,4-5,12-13,15-16H2,1H3,(H2,24,25,26);1H. The van der Waals surface area contributed by atoms with Crippen LogP contribution >= 0.6 is 24.0 Å². The third-order valence-electron chi connectivity index (χ3n) is 5.72. The molecule has 1 aliphatic carbocycles. The summed E-state index contributed by atoms with van der Waals surface area (Å²) in [7, 11) is 0. The Hall–Kier alpha value is -2.23. The molecule has 8 heteroatoms. The van der Waals surface area contributed by atoms with E-state index in [4.69, 9.17) is 4.99 Å². The summed E-state index contributed by atoms with van der Waals surface area (Å²) in [6.45, 7) is 4.03. The number of aliphatic imine (C=N–C) groups is 1. The lowest BCUT2D eigenvalue weighted by atomic mass is 9.79. The quantitative estimate of drug-likeness (QED) is 0.291. The normalized spacial score (nSPS) is 15.7. The molecule has 0 unspecified atom stereocenters. The second-order valence-electron chi connectivity index (χ2n) is 7.59. The number of halogens is 2. The molecule has 0 saturated heterocycles. The van der Waals surface area contributed by atoms with E-state index in [-0.39, 0.29) is 35.2 Å². The lowest BCUT2D eigenvalue weighted by Crippen LogP contribution is -2.44. The molecule has 0 amide bonds. The summed E-state index contributed by atoms with van der Waals surface area (Å²) >= 11 is 0. The Balaban J connectivity index is 0.00000256. The Morgan fingerprint density at radius 1 is 1.10 bits per heavy atom. The third kappa shape index (κ3) is 4.91. The molecule has 4 rings (SSSR count). The second kappa shape index (κ2) is 10.2. The number of hydrogen-bond acceptors (Lipinski definition) is 3. The van der Waals surface area contributed by atoms with Crippen molar-refractivity contribution in [1.29, 1.82) is 0 Å². The highest BCUT2D eigenvalue weighted by molar-refractivity contribution is 14.0. The van der Waals surface area contributed by atoms with E-state index in [9.17, 15) is 4.39 Å². The first kappa shape index (κ1) is 22.5. The Morgan fingerprint density at radius 3 is 2.60 bits per heavy atom. The van der Waals surface area contributed by atoms with Crippen LogP contribution in [0.5, 0.6) is 0 Å². The molecule has 0 radical (unpaired) electrons. The van der Waals surface area contributed by atoms with Crippen LogP contribution < -0.4 is 10.6 Å². The minimum atomic E-state index is -0.190. The number of rotatable bonds is 6. The van der Waals surface area contributed by atoms with Crippen molar-refractivity contribution in [1.82, 2.24) is 25.2 Å². The molecule has 30 heavy (non-hydrogen) atoms. The van der Waals surface area contributed by atoms with Crippen molar-refractivity contribution in [2.75, 3.05) is 13.1 Å². The van der Waals surface area contributed by atoms with Gasteiger partial charge in [0.05, 0.1) is 0 Å². The van der Waals surface area contributed by atoms with Gasteiger partial charge in [-0.2, -0.15) is 0 Å². The molecule has 1 aromatic carbocycles. The average molecular weight is 522 g/mol. The van der Waals surface area contributed by atoms with E-state index in [1.165, 1.54) is 18.4 Å². The van der Waals surface area contributed by atoms with Crippen LogP contribution in [-0.2, 0) is 12.0 Å². The van der Waals surface area contributed by atoms with Gasteiger partial charge in [-0.15, -0.1) is 34.2 Å². The number of fused-ring (bicyclic) bond motifs is 1. The molecule has 1 saturated carbocycles. The number of benzene rings is 1. The predicted octanol–water partition coefficient (Wildman–Crippen LogP) is 4.05. The zero-order chi connectivity index (χ0) is 20.1. The van der Waals surface area contributed by atoms with Gasteiger partial charge in [0.15, 0.2) is 17.4 Å². The molecular weight excluding hydrogens is 494 g/mol. The lowest BCUT2D eigenvalue weighted by Gasteiger charge is -2.31. The van der Waals surface area contributed by atoms with E-state index in [0.717, 1.165) is 43.4 Å². The third-order valence-corrected chi connectivity index (χ3v) is 5.72. The fourth-order valence-corrected chi connectivity index (χ4v) is 4.17. The number of nitrogens with zero attached hydrogens (tertiary/aromatic N) is 4. The largest absolute Gasteiger partial charge is 0.357 e.